The Labute approximate surface area is 151 Å². The van der Waals surface area contributed by atoms with E-state index in [2.05, 4.69) is 15.1 Å². The summed E-state index contributed by atoms with van der Waals surface area (Å²) in [6, 6.07) is 13.4. The normalized spacial score (nSPS) is 16.6. The highest BCUT2D eigenvalue weighted by atomic mass is 16.5. The number of benzene rings is 2. The van der Waals surface area contributed by atoms with Crippen LogP contribution in [0.15, 0.2) is 60.0 Å². The summed E-state index contributed by atoms with van der Waals surface area (Å²) in [6.07, 6.45) is 3.95. The topological polar surface area (TPSA) is 67.7 Å². The van der Waals surface area contributed by atoms with Gasteiger partial charge in [0.1, 0.15) is 5.75 Å². The first kappa shape index (κ1) is 16.2. The number of carbonyl (C=O) groups excluding carboxylic acids is 1. The van der Waals surface area contributed by atoms with Gasteiger partial charge >= 0.3 is 0 Å². The largest absolute Gasteiger partial charge is 0.496 e. The maximum Gasteiger partial charge on any atom is 0.240 e. The van der Waals surface area contributed by atoms with Crippen LogP contribution in [0.4, 0.5) is 0 Å². The second-order valence-corrected chi connectivity index (χ2v) is 6.13. The number of aromatic nitrogens is 2. The lowest BCUT2D eigenvalue weighted by molar-refractivity contribution is -0.130. The quantitative estimate of drug-likeness (QED) is 0.729. The summed E-state index contributed by atoms with van der Waals surface area (Å²) in [6.45, 7) is 1.53. The van der Waals surface area contributed by atoms with Crippen LogP contribution in [-0.2, 0) is 4.79 Å². The van der Waals surface area contributed by atoms with Crippen LogP contribution >= 0.6 is 0 Å². The molecular weight excluding hydrogens is 328 g/mol. The van der Waals surface area contributed by atoms with Crippen molar-refractivity contribution in [2.45, 2.75) is 19.4 Å². The predicted octanol–water partition coefficient (Wildman–Crippen LogP) is 3.34. The SMILES string of the molecule is COc1ccccc1C1=NN(C(C)=O)C(c2ccc3nccnc3c2)C1. The first-order chi connectivity index (χ1) is 12.7. The molecule has 2 heterocycles. The van der Waals surface area contributed by atoms with Gasteiger partial charge in [-0.15, -0.1) is 0 Å². The second-order valence-electron chi connectivity index (χ2n) is 6.13. The molecule has 1 aromatic heterocycles. The molecule has 26 heavy (non-hydrogen) atoms. The fourth-order valence-electron chi connectivity index (χ4n) is 3.29. The summed E-state index contributed by atoms with van der Waals surface area (Å²) in [7, 11) is 1.64. The molecule has 6 heteroatoms. The number of amides is 1. The van der Waals surface area contributed by atoms with Crippen LogP contribution in [0.3, 0.4) is 0 Å². The molecule has 0 saturated heterocycles. The van der Waals surface area contributed by atoms with E-state index in [1.54, 1.807) is 24.5 Å². The predicted molar refractivity (Wildman–Crippen MR) is 98.9 cm³/mol. The Morgan fingerprint density at radius 2 is 1.88 bits per heavy atom. The standard InChI is InChI=1S/C20H18N4O2/c1-13(25)24-19(14-7-8-16-18(11-14)22-10-9-21-16)12-17(23-24)15-5-3-4-6-20(15)26-2/h3-11,19H,12H2,1-2H3. The summed E-state index contributed by atoms with van der Waals surface area (Å²) in [5.41, 5.74) is 4.36. The Morgan fingerprint density at radius 1 is 1.12 bits per heavy atom. The fourth-order valence-corrected chi connectivity index (χ4v) is 3.29. The van der Waals surface area contributed by atoms with E-state index in [0.29, 0.717) is 6.42 Å². The lowest BCUT2D eigenvalue weighted by Crippen LogP contribution is -2.24. The minimum Gasteiger partial charge on any atom is -0.496 e. The van der Waals surface area contributed by atoms with E-state index in [-0.39, 0.29) is 11.9 Å². The molecule has 0 bridgehead atoms. The number of carbonyl (C=O) groups is 1. The third-order valence-corrected chi connectivity index (χ3v) is 4.53. The van der Waals surface area contributed by atoms with Crippen molar-refractivity contribution in [1.82, 2.24) is 15.0 Å². The maximum atomic E-state index is 12.2. The van der Waals surface area contributed by atoms with Crippen LogP contribution < -0.4 is 4.74 Å². The molecule has 0 radical (unpaired) electrons. The Kier molecular flexibility index (Phi) is 4.08. The van der Waals surface area contributed by atoms with E-state index in [1.165, 1.54) is 6.92 Å². The van der Waals surface area contributed by atoms with Crippen LogP contribution in [0.5, 0.6) is 5.75 Å². The van der Waals surface area contributed by atoms with Crippen molar-refractivity contribution in [3.8, 4) is 5.75 Å². The van der Waals surface area contributed by atoms with Crippen LogP contribution in [0.1, 0.15) is 30.5 Å². The monoisotopic (exact) mass is 346 g/mol. The van der Waals surface area contributed by atoms with Crippen LogP contribution in [0.25, 0.3) is 11.0 Å². The number of hydrazone groups is 1. The molecule has 1 atom stereocenters. The molecule has 0 spiro atoms. The Hall–Kier alpha value is -3.28. The minimum atomic E-state index is -0.168. The molecule has 0 saturated carbocycles. The summed E-state index contributed by atoms with van der Waals surface area (Å²) < 4.78 is 5.45. The Morgan fingerprint density at radius 3 is 2.65 bits per heavy atom. The van der Waals surface area contributed by atoms with Gasteiger partial charge in [-0.2, -0.15) is 5.10 Å². The molecule has 2 aromatic carbocycles. The Bertz CT molecular complexity index is 1020. The molecule has 0 aliphatic carbocycles. The van der Waals surface area contributed by atoms with E-state index in [9.17, 15) is 4.79 Å². The molecule has 1 aliphatic heterocycles. The smallest absolute Gasteiger partial charge is 0.240 e. The maximum absolute atomic E-state index is 12.2. The molecule has 0 fully saturated rings. The fraction of sp³-hybridized carbons (Fsp3) is 0.200. The van der Waals surface area contributed by atoms with E-state index in [4.69, 9.17) is 4.74 Å². The average molecular weight is 346 g/mol. The lowest BCUT2D eigenvalue weighted by atomic mass is 9.97. The summed E-state index contributed by atoms with van der Waals surface area (Å²) in [5.74, 6) is 0.652. The van der Waals surface area contributed by atoms with Crippen LogP contribution in [-0.4, -0.2) is 33.7 Å². The van der Waals surface area contributed by atoms with Gasteiger partial charge in [-0.3, -0.25) is 14.8 Å². The zero-order valence-corrected chi connectivity index (χ0v) is 14.6. The minimum absolute atomic E-state index is 0.0980. The zero-order chi connectivity index (χ0) is 18.1. The van der Waals surface area contributed by atoms with Gasteiger partial charge in [0.2, 0.25) is 5.91 Å². The second kappa shape index (κ2) is 6.55. The number of para-hydroxylation sites is 1. The highest BCUT2D eigenvalue weighted by molar-refractivity contribution is 6.05. The molecule has 130 valence electrons. The van der Waals surface area contributed by atoms with Gasteiger partial charge in [-0.1, -0.05) is 18.2 Å². The lowest BCUT2D eigenvalue weighted by Gasteiger charge is -2.20. The average Bonchev–Trinajstić information content (AvgIpc) is 3.13. The van der Waals surface area contributed by atoms with E-state index < -0.39 is 0 Å². The number of rotatable bonds is 3. The zero-order valence-electron chi connectivity index (χ0n) is 14.6. The van der Waals surface area contributed by atoms with Gasteiger partial charge in [0.25, 0.3) is 0 Å². The van der Waals surface area contributed by atoms with E-state index in [1.807, 2.05) is 42.5 Å². The van der Waals surface area contributed by atoms with Gasteiger partial charge < -0.3 is 4.74 Å². The molecule has 4 rings (SSSR count). The number of methoxy groups -OCH3 is 1. The number of hydrogen-bond donors (Lipinski definition) is 0. The van der Waals surface area contributed by atoms with Gasteiger partial charge in [-0.05, 0) is 29.8 Å². The van der Waals surface area contributed by atoms with Crippen LogP contribution in [0, 0.1) is 0 Å². The molecule has 6 nitrogen and oxygen atoms in total. The third kappa shape index (κ3) is 2.79. The van der Waals surface area contributed by atoms with Crippen molar-refractivity contribution in [3.05, 3.63) is 66.0 Å². The first-order valence-electron chi connectivity index (χ1n) is 8.38. The van der Waals surface area contributed by atoms with Crippen molar-refractivity contribution in [2.75, 3.05) is 7.11 Å². The van der Waals surface area contributed by atoms with Crippen molar-refractivity contribution >= 4 is 22.7 Å². The molecule has 1 unspecified atom stereocenters. The molecule has 1 aliphatic rings. The van der Waals surface area contributed by atoms with Crippen molar-refractivity contribution in [3.63, 3.8) is 0 Å². The van der Waals surface area contributed by atoms with E-state index >= 15 is 0 Å². The number of nitrogens with zero attached hydrogens (tertiary/aromatic N) is 4. The van der Waals surface area contributed by atoms with Gasteiger partial charge in [-0.25, -0.2) is 5.01 Å². The first-order valence-corrected chi connectivity index (χ1v) is 8.38. The summed E-state index contributed by atoms with van der Waals surface area (Å²) in [5, 5.41) is 6.13. The Balaban J connectivity index is 1.74. The van der Waals surface area contributed by atoms with E-state index in [0.717, 1.165) is 33.6 Å². The van der Waals surface area contributed by atoms with Crippen molar-refractivity contribution in [1.29, 1.82) is 0 Å². The van der Waals surface area contributed by atoms with Crippen LogP contribution in [0.2, 0.25) is 0 Å². The summed E-state index contributed by atoms with van der Waals surface area (Å²) >= 11 is 0. The van der Waals surface area contributed by atoms with Gasteiger partial charge in [0, 0.05) is 31.3 Å². The number of fused-ring (bicyclic) bond motifs is 1. The van der Waals surface area contributed by atoms with Crippen molar-refractivity contribution in [2.24, 2.45) is 5.10 Å². The number of ether oxygens (including phenoxy) is 1. The molecule has 3 aromatic rings. The molecule has 1 amide bonds. The molecule has 0 N–H and O–H groups in total. The van der Waals surface area contributed by atoms with Gasteiger partial charge in [0.05, 0.1) is 29.9 Å². The third-order valence-electron chi connectivity index (χ3n) is 4.53. The number of hydrogen-bond acceptors (Lipinski definition) is 5. The molecular formula is C20H18N4O2. The highest BCUT2D eigenvalue weighted by Gasteiger charge is 2.32. The highest BCUT2D eigenvalue weighted by Crippen LogP contribution is 2.35. The van der Waals surface area contributed by atoms with Gasteiger partial charge in [0.15, 0.2) is 0 Å². The summed E-state index contributed by atoms with van der Waals surface area (Å²) in [4.78, 5) is 20.8. The van der Waals surface area contributed by atoms with Crippen molar-refractivity contribution < 1.29 is 9.53 Å².